The Kier molecular flexibility index (Phi) is 4.58. The zero-order valence-electron chi connectivity index (χ0n) is 12.5. The number of nitrogens with zero attached hydrogens (tertiary/aromatic N) is 1. The van der Waals surface area contributed by atoms with Gasteiger partial charge < -0.3 is 10.5 Å². The molecule has 114 valence electrons. The van der Waals surface area contributed by atoms with E-state index in [4.69, 9.17) is 10.5 Å². The summed E-state index contributed by atoms with van der Waals surface area (Å²) in [6.07, 6.45) is 0.197. The van der Waals surface area contributed by atoms with Crippen molar-refractivity contribution in [3.05, 3.63) is 24.3 Å². The highest BCUT2D eigenvalue weighted by Crippen LogP contribution is 2.36. The molecule has 0 aliphatic carbocycles. The van der Waals surface area contributed by atoms with Gasteiger partial charge in [0.25, 0.3) is 0 Å². The number of para-hydroxylation sites is 1. The summed E-state index contributed by atoms with van der Waals surface area (Å²) in [6, 6.07) is 7.45. The lowest BCUT2D eigenvalue weighted by Crippen LogP contribution is -2.39. The molecule has 1 aromatic carbocycles. The van der Waals surface area contributed by atoms with Crippen LogP contribution in [-0.2, 0) is 14.3 Å². The highest BCUT2D eigenvalue weighted by molar-refractivity contribution is 8.00. The largest absolute Gasteiger partial charge is 0.459 e. The SMILES string of the molecule is CC(C)(C)OC(=O)CN1C(=O)CC(N)Sc2ccccc21. The maximum atomic E-state index is 12.3. The van der Waals surface area contributed by atoms with Crippen LogP contribution in [0.2, 0.25) is 0 Å². The minimum absolute atomic E-state index is 0.0968. The molecule has 0 aromatic heterocycles. The average molecular weight is 308 g/mol. The Bertz CT molecular complexity index is 554. The fourth-order valence-corrected chi connectivity index (χ4v) is 3.09. The van der Waals surface area contributed by atoms with Crippen LogP contribution in [0.3, 0.4) is 0 Å². The minimum atomic E-state index is -0.573. The molecule has 1 aliphatic rings. The molecule has 0 bridgehead atoms. The predicted molar refractivity (Wildman–Crippen MR) is 83.1 cm³/mol. The van der Waals surface area contributed by atoms with Gasteiger partial charge in [0, 0.05) is 4.90 Å². The number of carbonyl (C=O) groups is 2. The average Bonchev–Trinajstić information content (AvgIpc) is 2.44. The molecule has 0 saturated heterocycles. The Hall–Kier alpha value is -1.53. The van der Waals surface area contributed by atoms with Crippen molar-refractivity contribution < 1.29 is 14.3 Å². The summed E-state index contributed by atoms with van der Waals surface area (Å²) < 4.78 is 5.30. The van der Waals surface area contributed by atoms with Crippen molar-refractivity contribution in [2.24, 2.45) is 5.73 Å². The van der Waals surface area contributed by atoms with Crippen LogP contribution in [0.25, 0.3) is 0 Å². The van der Waals surface area contributed by atoms with Crippen LogP contribution in [0.5, 0.6) is 0 Å². The van der Waals surface area contributed by atoms with Crippen LogP contribution in [-0.4, -0.2) is 29.4 Å². The van der Waals surface area contributed by atoms with Crippen molar-refractivity contribution in [1.29, 1.82) is 0 Å². The number of hydrogen-bond acceptors (Lipinski definition) is 5. The monoisotopic (exact) mass is 308 g/mol. The third-order valence-electron chi connectivity index (χ3n) is 2.82. The summed E-state index contributed by atoms with van der Waals surface area (Å²) in [4.78, 5) is 26.7. The molecule has 2 rings (SSSR count). The third-order valence-corrected chi connectivity index (χ3v) is 3.89. The molecule has 1 atom stereocenters. The maximum absolute atomic E-state index is 12.3. The Balaban J connectivity index is 2.25. The van der Waals surface area contributed by atoms with Gasteiger partial charge >= 0.3 is 5.97 Å². The number of thioether (sulfide) groups is 1. The van der Waals surface area contributed by atoms with Crippen molar-refractivity contribution in [1.82, 2.24) is 0 Å². The van der Waals surface area contributed by atoms with E-state index in [2.05, 4.69) is 0 Å². The first-order valence-electron chi connectivity index (χ1n) is 6.80. The van der Waals surface area contributed by atoms with E-state index in [9.17, 15) is 9.59 Å². The van der Waals surface area contributed by atoms with Gasteiger partial charge in [0.1, 0.15) is 12.1 Å². The molecule has 1 unspecified atom stereocenters. The topological polar surface area (TPSA) is 72.6 Å². The smallest absolute Gasteiger partial charge is 0.326 e. The molecule has 0 fully saturated rings. The molecule has 1 heterocycles. The van der Waals surface area contributed by atoms with Crippen LogP contribution in [0.4, 0.5) is 5.69 Å². The quantitative estimate of drug-likeness (QED) is 0.847. The lowest BCUT2D eigenvalue weighted by molar-refractivity contribution is -0.153. The van der Waals surface area contributed by atoms with Gasteiger partial charge in [-0.15, -0.1) is 11.8 Å². The number of rotatable bonds is 2. The lowest BCUT2D eigenvalue weighted by Gasteiger charge is -2.25. The molecule has 1 amide bonds. The van der Waals surface area contributed by atoms with E-state index in [1.54, 1.807) is 20.8 Å². The van der Waals surface area contributed by atoms with E-state index in [0.717, 1.165) is 4.90 Å². The number of benzene rings is 1. The van der Waals surface area contributed by atoms with Gasteiger partial charge in [0.15, 0.2) is 0 Å². The fourth-order valence-electron chi connectivity index (χ4n) is 2.08. The number of esters is 1. The third kappa shape index (κ3) is 4.22. The van der Waals surface area contributed by atoms with Gasteiger partial charge in [-0.3, -0.25) is 14.5 Å². The fraction of sp³-hybridized carbons (Fsp3) is 0.467. The van der Waals surface area contributed by atoms with Gasteiger partial charge in [-0.05, 0) is 32.9 Å². The molecular weight excluding hydrogens is 288 g/mol. The Labute approximate surface area is 128 Å². The number of hydrogen-bond donors (Lipinski definition) is 1. The summed E-state index contributed by atoms with van der Waals surface area (Å²) >= 11 is 1.44. The first-order chi connectivity index (χ1) is 9.76. The number of amides is 1. The van der Waals surface area contributed by atoms with Gasteiger partial charge in [-0.1, -0.05) is 12.1 Å². The second-order valence-electron chi connectivity index (χ2n) is 5.89. The van der Waals surface area contributed by atoms with E-state index >= 15 is 0 Å². The first-order valence-corrected chi connectivity index (χ1v) is 7.68. The van der Waals surface area contributed by atoms with Crippen molar-refractivity contribution in [2.75, 3.05) is 11.4 Å². The van der Waals surface area contributed by atoms with Crippen LogP contribution in [0.15, 0.2) is 29.2 Å². The lowest BCUT2D eigenvalue weighted by atomic mass is 10.2. The summed E-state index contributed by atoms with van der Waals surface area (Å²) in [5, 5.41) is -0.303. The molecule has 2 N–H and O–H groups in total. The molecular formula is C15H20N2O3S. The molecule has 0 saturated carbocycles. The molecule has 1 aliphatic heterocycles. The summed E-state index contributed by atoms with van der Waals surface area (Å²) in [5.74, 6) is -0.586. The van der Waals surface area contributed by atoms with Crippen molar-refractivity contribution in [3.8, 4) is 0 Å². The van der Waals surface area contributed by atoms with Gasteiger partial charge in [0.05, 0.1) is 17.5 Å². The minimum Gasteiger partial charge on any atom is -0.459 e. The zero-order chi connectivity index (χ0) is 15.6. The zero-order valence-corrected chi connectivity index (χ0v) is 13.3. The predicted octanol–water partition coefficient (Wildman–Crippen LogP) is 2.14. The van der Waals surface area contributed by atoms with E-state index in [0.29, 0.717) is 5.69 Å². The van der Waals surface area contributed by atoms with Crippen LogP contribution < -0.4 is 10.6 Å². The second kappa shape index (κ2) is 6.07. The van der Waals surface area contributed by atoms with Gasteiger partial charge in [-0.25, -0.2) is 0 Å². The summed E-state index contributed by atoms with van der Waals surface area (Å²) in [6.45, 7) is 5.30. The number of fused-ring (bicyclic) bond motifs is 1. The Morgan fingerprint density at radius 1 is 1.43 bits per heavy atom. The van der Waals surface area contributed by atoms with E-state index < -0.39 is 11.6 Å². The maximum Gasteiger partial charge on any atom is 0.326 e. The highest BCUT2D eigenvalue weighted by Gasteiger charge is 2.29. The van der Waals surface area contributed by atoms with E-state index in [1.165, 1.54) is 16.7 Å². The molecule has 0 radical (unpaired) electrons. The van der Waals surface area contributed by atoms with Gasteiger partial charge in [-0.2, -0.15) is 0 Å². The van der Waals surface area contributed by atoms with Crippen LogP contribution >= 0.6 is 11.8 Å². The van der Waals surface area contributed by atoms with Crippen molar-refractivity contribution >= 4 is 29.3 Å². The van der Waals surface area contributed by atoms with E-state index in [-0.39, 0.29) is 24.2 Å². The second-order valence-corrected chi connectivity index (χ2v) is 7.18. The van der Waals surface area contributed by atoms with Crippen LogP contribution in [0.1, 0.15) is 27.2 Å². The van der Waals surface area contributed by atoms with Crippen molar-refractivity contribution in [3.63, 3.8) is 0 Å². The molecule has 6 heteroatoms. The Morgan fingerprint density at radius 2 is 2.10 bits per heavy atom. The van der Waals surface area contributed by atoms with Gasteiger partial charge in [0.2, 0.25) is 5.91 Å². The molecule has 5 nitrogen and oxygen atoms in total. The standard InChI is InChI=1S/C15H20N2O3S/c1-15(2,3)20-14(19)9-17-10-6-4-5-7-11(10)21-12(16)8-13(17)18/h4-7,12H,8-9,16H2,1-3H3. The Morgan fingerprint density at radius 3 is 2.76 bits per heavy atom. The van der Waals surface area contributed by atoms with E-state index in [1.807, 2.05) is 24.3 Å². The number of nitrogens with two attached hydrogens (primary N) is 1. The molecule has 1 aromatic rings. The van der Waals surface area contributed by atoms with Crippen LogP contribution in [0, 0.1) is 0 Å². The normalized spacial score (nSPS) is 19.0. The summed E-state index contributed by atoms with van der Waals surface area (Å²) in [7, 11) is 0. The number of carbonyl (C=O) groups excluding carboxylic acids is 2. The highest BCUT2D eigenvalue weighted by atomic mass is 32.2. The van der Waals surface area contributed by atoms with Crippen molar-refractivity contribution in [2.45, 2.75) is 43.1 Å². The number of ether oxygens (including phenoxy) is 1. The molecule has 21 heavy (non-hydrogen) atoms. The summed E-state index contributed by atoms with van der Waals surface area (Å²) in [5.41, 5.74) is 6.08. The molecule has 0 spiro atoms. The first kappa shape index (κ1) is 15.9. The number of anilines is 1.